The minimum absolute atomic E-state index is 0.191. The van der Waals surface area contributed by atoms with Crippen molar-refractivity contribution in [2.24, 2.45) is 0 Å². The van der Waals surface area contributed by atoms with Gasteiger partial charge in [0.05, 0.1) is 22.6 Å². The van der Waals surface area contributed by atoms with E-state index >= 15 is 0 Å². The van der Waals surface area contributed by atoms with Gasteiger partial charge in [-0.15, -0.1) is 0 Å². The van der Waals surface area contributed by atoms with E-state index in [0.29, 0.717) is 22.3 Å². The normalized spacial score (nSPS) is 10.8. The zero-order chi connectivity index (χ0) is 15.0. The summed E-state index contributed by atoms with van der Waals surface area (Å²) < 4.78 is 39.8. The lowest BCUT2D eigenvalue weighted by molar-refractivity contribution is 0.449. The van der Waals surface area contributed by atoms with E-state index in [0.717, 1.165) is 12.1 Å². The topological polar surface area (TPSA) is 50.9 Å². The van der Waals surface area contributed by atoms with Gasteiger partial charge in [0.1, 0.15) is 0 Å². The molecule has 0 saturated carbocycles. The average Bonchev–Trinajstić information content (AvgIpc) is 2.50. The second kappa shape index (κ2) is 4.97. The number of benzene rings is 2. The molecular weight excluding hydrogens is 279 g/mol. The molecule has 0 aliphatic rings. The minimum atomic E-state index is -1.53. The van der Waals surface area contributed by atoms with E-state index in [4.69, 9.17) is 5.73 Å². The lowest BCUT2D eigenvalue weighted by atomic mass is 10.1. The fourth-order valence-electron chi connectivity index (χ4n) is 2.05. The molecule has 0 spiro atoms. The van der Waals surface area contributed by atoms with Crippen molar-refractivity contribution >= 4 is 28.0 Å². The van der Waals surface area contributed by atoms with Crippen LogP contribution in [0.4, 0.5) is 30.2 Å². The fourth-order valence-corrected chi connectivity index (χ4v) is 2.05. The quantitative estimate of drug-likeness (QED) is 0.554. The van der Waals surface area contributed by atoms with Crippen LogP contribution in [-0.2, 0) is 0 Å². The molecule has 1 heterocycles. The maximum Gasteiger partial charge on any atom is 0.196 e. The molecule has 0 amide bonds. The van der Waals surface area contributed by atoms with E-state index in [9.17, 15) is 13.2 Å². The molecule has 3 nitrogen and oxygen atoms in total. The summed E-state index contributed by atoms with van der Waals surface area (Å²) in [5.74, 6) is -4.06. The molecule has 0 atom stereocenters. The SMILES string of the molecule is Nc1c(Nc2ccc(F)c(F)c2F)ccc2ncccc12. The van der Waals surface area contributed by atoms with Gasteiger partial charge in [-0.25, -0.2) is 13.2 Å². The van der Waals surface area contributed by atoms with E-state index in [1.165, 1.54) is 0 Å². The predicted octanol–water partition coefficient (Wildman–Crippen LogP) is 3.98. The Labute approximate surface area is 118 Å². The molecule has 0 unspecified atom stereocenters. The number of anilines is 3. The van der Waals surface area contributed by atoms with E-state index in [-0.39, 0.29) is 5.69 Å². The molecule has 0 fully saturated rings. The first-order chi connectivity index (χ1) is 10.1. The van der Waals surface area contributed by atoms with Crippen LogP contribution in [0.5, 0.6) is 0 Å². The summed E-state index contributed by atoms with van der Waals surface area (Å²) in [6, 6.07) is 8.75. The Balaban J connectivity index is 2.06. The summed E-state index contributed by atoms with van der Waals surface area (Å²) >= 11 is 0. The number of nitrogens with two attached hydrogens (primary N) is 1. The van der Waals surface area contributed by atoms with Gasteiger partial charge >= 0.3 is 0 Å². The van der Waals surface area contributed by atoms with Crippen molar-refractivity contribution in [3.05, 3.63) is 60.0 Å². The standard InChI is InChI=1S/C15H10F3N3/c16-9-3-4-11(14(18)13(9)17)21-12-6-5-10-8(15(12)19)2-1-7-20-10/h1-7,21H,19H2. The Morgan fingerprint density at radius 3 is 2.48 bits per heavy atom. The fraction of sp³-hybridized carbons (Fsp3) is 0. The summed E-state index contributed by atoms with van der Waals surface area (Å²) in [6.45, 7) is 0. The van der Waals surface area contributed by atoms with Crippen molar-refractivity contribution in [3.63, 3.8) is 0 Å². The highest BCUT2D eigenvalue weighted by atomic mass is 19.2. The Hall–Kier alpha value is -2.76. The molecule has 2 aromatic carbocycles. The largest absolute Gasteiger partial charge is 0.396 e. The van der Waals surface area contributed by atoms with Crippen LogP contribution in [0.1, 0.15) is 0 Å². The van der Waals surface area contributed by atoms with Crippen molar-refractivity contribution in [1.82, 2.24) is 4.98 Å². The van der Waals surface area contributed by atoms with Gasteiger partial charge in [0.25, 0.3) is 0 Å². The lowest BCUT2D eigenvalue weighted by Crippen LogP contribution is -2.01. The van der Waals surface area contributed by atoms with E-state index in [1.54, 1.807) is 30.5 Å². The number of nitrogens with zero attached hydrogens (tertiary/aromatic N) is 1. The average molecular weight is 289 g/mol. The first kappa shape index (κ1) is 13.2. The summed E-state index contributed by atoms with van der Waals surface area (Å²) in [4.78, 5) is 4.14. The first-order valence-corrected chi connectivity index (χ1v) is 6.11. The van der Waals surface area contributed by atoms with Gasteiger partial charge in [0, 0.05) is 11.6 Å². The number of pyridine rings is 1. The maximum absolute atomic E-state index is 13.7. The molecule has 3 N–H and O–H groups in total. The third-order valence-corrected chi connectivity index (χ3v) is 3.13. The van der Waals surface area contributed by atoms with E-state index in [1.807, 2.05) is 0 Å². The molecule has 6 heteroatoms. The summed E-state index contributed by atoms with van der Waals surface area (Å²) in [7, 11) is 0. The number of nitrogens with one attached hydrogen (secondary N) is 1. The van der Waals surface area contributed by atoms with E-state index in [2.05, 4.69) is 10.3 Å². The van der Waals surface area contributed by atoms with Crippen molar-refractivity contribution in [2.75, 3.05) is 11.1 Å². The molecule has 0 aliphatic heterocycles. The van der Waals surface area contributed by atoms with Crippen LogP contribution in [-0.4, -0.2) is 4.98 Å². The predicted molar refractivity (Wildman–Crippen MR) is 75.8 cm³/mol. The van der Waals surface area contributed by atoms with Crippen molar-refractivity contribution in [2.45, 2.75) is 0 Å². The monoisotopic (exact) mass is 289 g/mol. The summed E-state index contributed by atoms with van der Waals surface area (Å²) in [5, 5.41) is 3.35. The maximum atomic E-state index is 13.7. The van der Waals surface area contributed by atoms with Gasteiger partial charge in [-0.1, -0.05) is 0 Å². The molecule has 0 aliphatic carbocycles. The Bertz CT molecular complexity index is 834. The summed E-state index contributed by atoms with van der Waals surface area (Å²) in [6.07, 6.45) is 1.63. The van der Waals surface area contributed by atoms with Crippen LogP contribution in [0, 0.1) is 17.5 Å². The number of aromatic nitrogens is 1. The third kappa shape index (κ3) is 2.24. The highest BCUT2D eigenvalue weighted by Crippen LogP contribution is 2.31. The Morgan fingerprint density at radius 2 is 1.67 bits per heavy atom. The zero-order valence-electron chi connectivity index (χ0n) is 10.7. The van der Waals surface area contributed by atoms with Crippen LogP contribution in [0.25, 0.3) is 10.9 Å². The smallest absolute Gasteiger partial charge is 0.196 e. The third-order valence-electron chi connectivity index (χ3n) is 3.13. The molecule has 0 saturated heterocycles. The second-order valence-corrected chi connectivity index (χ2v) is 4.44. The van der Waals surface area contributed by atoms with Crippen LogP contribution < -0.4 is 11.1 Å². The molecule has 3 rings (SSSR count). The van der Waals surface area contributed by atoms with Gasteiger partial charge in [-0.3, -0.25) is 4.98 Å². The molecule has 0 bridgehead atoms. The van der Waals surface area contributed by atoms with Gasteiger partial charge < -0.3 is 11.1 Å². The van der Waals surface area contributed by atoms with Gasteiger partial charge in [-0.05, 0) is 36.4 Å². The lowest BCUT2D eigenvalue weighted by Gasteiger charge is -2.12. The molecule has 106 valence electrons. The minimum Gasteiger partial charge on any atom is -0.396 e. The van der Waals surface area contributed by atoms with Crippen LogP contribution in [0.2, 0.25) is 0 Å². The van der Waals surface area contributed by atoms with Gasteiger partial charge in [-0.2, -0.15) is 0 Å². The highest BCUT2D eigenvalue weighted by molar-refractivity contribution is 5.97. The molecular formula is C15H10F3N3. The second-order valence-electron chi connectivity index (χ2n) is 4.44. The highest BCUT2D eigenvalue weighted by Gasteiger charge is 2.14. The number of nitrogen functional groups attached to an aromatic ring is 1. The Morgan fingerprint density at radius 1 is 0.905 bits per heavy atom. The van der Waals surface area contributed by atoms with Crippen LogP contribution >= 0.6 is 0 Å². The number of fused-ring (bicyclic) bond motifs is 1. The van der Waals surface area contributed by atoms with Crippen molar-refractivity contribution < 1.29 is 13.2 Å². The van der Waals surface area contributed by atoms with Gasteiger partial charge in [0.15, 0.2) is 17.5 Å². The number of hydrogen-bond donors (Lipinski definition) is 2. The number of halogens is 3. The van der Waals surface area contributed by atoms with Crippen molar-refractivity contribution in [3.8, 4) is 0 Å². The van der Waals surface area contributed by atoms with Gasteiger partial charge in [0.2, 0.25) is 0 Å². The van der Waals surface area contributed by atoms with Crippen LogP contribution in [0.3, 0.4) is 0 Å². The van der Waals surface area contributed by atoms with Crippen molar-refractivity contribution in [1.29, 1.82) is 0 Å². The molecule has 21 heavy (non-hydrogen) atoms. The van der Waals surface area contributed by atoms with Crippen LogP contribution in [0.15, 0.2) is 42.6 Å². The van der Waals surface area contributed by atoms with E-state index < -0.39 is 17.5 Å². The zero-order valence-corrected chi connectivity index (χ0v) is 10.7. The first-order valence-electron chi connectivity index (χ1n) is 6.11. The molecule has 0 radical (unpaired) electrons. The summed E-state index contributed by atoms with van der Waals surface area (Å²) in [5.41, 5.74) is 7.23. The number of hydrogen-bond acceptors (Lipinski definition) is 3. The Kier molecular flexibility index (Phi) is 3.13. The number of rotatable bonds is 2. The molecule has 3 aromatic rings. The molecule has 1 aromatic heterocycles.